The number of imide groups is 2. The Hall–Kier alpha value is -6.90. The summed E-state index contributed by atoms with van der Waals surface area (Å²) in [5.41, 5.74) is 1.87. The minimum absolute atomic E-state index is 0.0121. The van der Waals surface area contributed by atoms with E-state index in [1.807, 2.05) is 31.3 Å². The minimum atomic E-state index is -4.90. The van der Waals surface area contributed by atoms with Crippen molar-refractivity contribution in [2.75, 3.05) is 94.6 Å². The van der Waals surface area contributed by atoms with E-state index in [1.165, 1.54) is 0 Å². The number of piperidine rings is 1. The molecule has 0 spiro atoms. The Morgan fingerprint density at radius 1 is 0.761 bits per heavy atom. The number of amides is 6. The number of H-pyrrole nitrogens is 1. The quantitative estimate of drug-likeness (QED) is 0.0678. The van der Waals surface area contributed by atoms with Crippen LogP contribution < -0.4 is 31.7 Å². The molecule has 1 atom stereocenters. The van der Waals surface area contributed by atoms with Gasteiger partial charge in [0.15, 0.2) is 0 Å². The maximum atomic E-state index is 13.9. The zero-order chi connectivity index (χ0) is 50.2. The number of unbranched alkanes of at least 4 members (excludes halogenated alkanes) is 3. The lowest BCUT2D eigenvalue weighted by Gasteiger charge is -2.35. The van der Waals surface area contributed by atoms with Crippen LogP contribution in [0.4, 0.5) is 30.2 Å². The number of carbonyl (C=O) groups is 6. The first-order chi connectivity index (χ1) is 34.1. The molecular formula is C51H59F3N10O7. The van der Waals surface area contributed by atoms with Crippen LogP contribution in [-0.2, 0) is 27.1 Å². The van der Waals surface area contributed by atoms with Crippen molar-refractivity contribution in [3.05, 3.63) is 111 Å². The molecule has 6 amide bonds. The number of fused-ring (bicyclic) bond motifs is 1. The third kappa shape index (κ3) is 12.4. The van der Waals surface area contributed by atoms with Crippen molar-refractivity contribution in [1.82, 2.24) is 35.2 Å². The highest BCUT2D eigenvalue weighted by Crippen LogP contribution is 2.36. The minimum Gasteiger partial charge on any atom is -0.384 e. The van der Waals surface area contributed by atoms with E-state index in [9.17, 15) is 46.7 Å². The van der Waals surface area contributed by atoms with Gasteiger partial charge in [0.05, 0.1) is 33.6 Å². The topological polar surface area (TPSA) is 200 Å². The molecule has 5 heterocycles. The number of rotatable bonds is 18. The maximum absolute atomic E-state index is 13.9. The Morgan fingerprint density at radius 2 is 1.49 bits per heavy atom. The van der Waals surface area contributed by atoms with Crippen LogP contribution >= 0.6 is 0 Å². The van der Waals surface area contributed by atoms with E-state index in [1.54, 1.807) is 24.3 Å². The fourth-order valence-electron chi connectivity index (χ4n) is 9.59. The maximum Gasteiger partial charge on any atom is 0.417 e. The molecule has 17 nitrogen and oxygen atoms in total. The molecule has 5 N–H and O–H groups in total. The van der Waals surface area contributed by atoms with E-state index in [2.05, 4.69) is 58.0 Å². The molecule has 71 heavy (non-hydrogen) atoms. The summed E-state index contributed by atoms with van der Waals surface area (Å²) in [5.74, 6) is -3.14. The van der Waals surface area contributed by atoms with Gasteiger partial charge in [-0.15, -0.1) is 0 Å². The van der Waals surface area contributed by atoms with Crippen LogP contribution in [0.2, 0.25) is 0 Å². The van der Waals surface area contributed by atoms with E-state index in [4.69, 9.17) is 0 Å². The van der Waals surface area contributed by atoms with Gasteiger partial charge in [-0.3, -0.25) is 53.6 Å². The summed E-state index contributed by atoms with van der Waals surface area (Å²) in [5, 5.41) is 11.3. The van der Waals surface area contributed by atoms with Gasteiger partial charge < -0.3 is 30.7 Å². The predicted octanol–water partition coefficient (Wildman–Crippen LogP) is 4.76. The molecule has 0 aliphatic carbocycles. The van der Waals surface area contributed by atoms with Gasteiger partial charge in [0.2, 0.25) is 23.3 Å². The van der Waals surface area contributed by atoms with Gasteiger partial charge in [0.1, 0.15) is 6.04 Å². The molecule has 3 aromatic carbocycles. The number of piperazine rings is 2. The van der Waals surface area contributed by atoms with Crippen molar-refractivity contribution in [2.24, 2.45) is 0 Å². The highest BCUT2D eigenvalue weighted by molar-refractivity contribution is 6.25. The molecule has 0 bridgehead atoms. The molecule has 0 saturated carbocycles. The summed E-state index contributed by atoms with van der Waals surface area (Å²) in [6.45, 7) is 8.84. The highest BCUT2D eigenvalue weighted by Gasteiger charge is 2.45. The Balaban J connectivity index is 0.752. The predicted molar refractivity (Wildman–Crippen MR) is 261 cm³/mol. The highest BCUT2D eigenvalue weighted by atomic mass is 19.4. The summed E-state index contributed by atoms with van der Waals surface area (Å²) >= 11 is 0. The molecule has 1 unspecified atom stereocenters. The van der Waals surface area contributed by atoms with Gasteiger partial charge in [-0.05, 0) is 73.3 Å². The van der Waals surface area contributed by atoms with Crippen LogP contribution in [0.1, 0.15) is 87.1 Å². The molecule has 8 rings (SSSR count). The number of hydrogen-bond acceptors (Lipinski definition) is 12. The largest absolute Gasteiger partial charge is 0.417 e. The molecule has 20 heteroatoms. The summed E-state index contributed by atoms with van der Waals surface area (Å²) in [6, 6.07) is 18.1. The second-order valence-corrected chi connectivity index (χ2v) is 18.5. The van der Waals surface area contributed by atoms with Crippen LogP contribution in [-0.4, -0.2) is 145 Å². The van der Waals surface area contributed by atoms with Gasteiger partial charge >= 0.3 is 6.18 Å². The molecule has 4 aliphatic heterocycles. The van der Waals surface area contributed by atoms with Crippen LogP contribution in [0.25, 0.3) is 11.1 Å². The number of alkyl halides is 3. The molecule has 1 aromatic heterocycles. The summed E-state index contributed by atoms with van der Waals surface area (Å²) in [7, 11) is 2.02. The van der Waals surface area contributed by atoms with E-state index in [0.29, 0.717) is 62.3 Å². The summed E-state index contributed by atoms with van der Waals surface area (Å²) < 4.78 is 41.7. The van der Waals surface area contributed by atoms with Crippen LogP contribution in [0.3, 0.4) is 0 Å². The Labute approximate surface area is 409 Å². The Morgan fingerprint density at radius 3 is 2.25 bits per heavy atom. The third-order valence-corrected chi connectivity index (χ3v) is 13.6. The van der Waals surface area contributed by atoms with Gasteiger partial charge in [0, 0.05) is 109 Å². The number of halogens is 3. The lowest BCUT2D eigenvalue weighted by atomic mass is 10.0. The fourth-order valence-corrected chi connectivity index (χ4v) is 9.59. The molecule has 376 valence electrons. The standard InChI is InChI=1S/C51H59F3N10O7/c1-60-20-26-63(27-21-60)41-14-13-35(29-40(41)58-47(68)37-31-57-45(67)30-38(37)51(52,53)54)34-9-6-8-33(28-34)32-62-24-22-61(23-25-62)19-18-56-43(65)12-4-2-3-5-17-55-39-11-7-10-36-46(39)50(71)64(49(36)70)42-15-16-44(66)59-48(42)69/h6-11,13-14,28-31,42,55H,2-5,12,15-27,32H2,1H3,(H,56,65)(H,57,67)(H,58,68)(H,59,66,69). The number of hydrogen-bond donors (Lipinski definition) is 5. The van der Waals surface area contributed by atoms with E-state index in [-0.39, 0.29) is 29.9 Å². The Bertz CT molecular complexity index is 2710. The van der Waals surface area contributed by atoms with Gasteiger partial charge in [-0.2, -0.15) is 13.2 Å². The number of pyridine rings is 1. The molecule has 3 saturated heterocycles. The molecule has 0 radical (unpaired) electrons. The number of likely N-dealkylation sites (N-methyl/N-ethyl adjacent to an activating group) is 1. The van der Waals surface area contributed by atoms with Crippen molar-refractivity contribution in [2.45, 2.75) is 63.7 Å². The monoisotopic (exact) mass is 980 g/mol. The lowest BCUT2D eigenvalue weighted by molar-refractivity contribution is -0.138. The average molecular weight is 981 g/mol. The van der Waals surface area contributed by atoms with Gasteiger partial charge in [0.25, 0.3) is 17.7 Å². The van der Waals surface area contributed by atoms with E-state index >= 15 is 0 Å². The number of carbonyl (C=O) groups excluding carboxylic acids is 6. The first kappa shape index (κ1) is 50.5. The number of benzene rings is 3. The van der Waals surface area contributed by atoms with Crippen molar-refractivity contribution >= 4 is 52.5 Å². The van der Waals surface area contributed by atoms with Crippen molar-refractivity contribution < 1.29 is 41.9 Å². The number of nitrogens with zero attached hydrogens (tertiary/aromatic N) is 5. The smallest absolute Gasteiger partial charge is 0.384 e. The SMILES string of the molecule is CN1CCN(c2ccc(-c3cccc(CN4CCN(CCNC(=O)CCCCCCNc5cccc6c5C(=O)N(C5CCC(=O)NC5=O)C6=O)CC4)c3)cc2NC(=O)c2c[nH]c(=O)cc2C(F)(F)F)CC1. The second-order valence-electron chi connectivity index (χ2n) is 18.5. The number of aromatic amines is 1. The number of anilines is 3. The van der Waals surface area contributed by atoms with Gasteiger partial charge in [-0.1, -0.05) is 43.2 Å². The normalized spacial score (nSPS) is 18.1. The van der Waals surface area contributed by atoms with Crippen LogP contribution in [0.15, 0.2) is 77.7 Å². The van der Waals surface area contributed by atoms with Gasteiger partial charge in [-0.25, -0.2) is 0 Å². The van der Waals surface area contributed by atoms with E-state index < -0.39 is 58.4 Å². The van der Waals surface area contributed by atoms with Crippen molar-refractivity contribution in [3.63, 3.8) is 0 Å². The summed E-state index contributed by atoms with van der Waals surface area (Å²) in [4.78, 5) is 101. The third-order valence-electron chi connectivity index (χ3n) is 13.6. The summed E-state index contributed by atoms with van der Waals surface area (Å²) in [6.07, 6.45) is -0.284. The second kappa shape index (κ2) is 22.5. The molecule has 4 aliphatic rings. The van der Waals surface area contributed by atoms with Crippen LogP contribution in [0, 0.1) is 0 Å². The first-order valence-corrected chi connectivity index (χ1v) is 24.2. The average Bonchev–Trinajstić information content (AvgIpc) is 3.60. The fraction of sp³-hybridized carbons (Fsp3) is 0.431. The van der Waals surface area contributed by atoms with E-state index in [0.717, 1.165) is 99.3 Å². The molecule has 4 aromatic rings. The lowest BCUT2D eigenvalue weighted by Crippen LogP contribution is -2.54. The zero-order valence-electron chi connectivity index (χ0n) is 39.7. The Kier molecular flexibility index (Phi) is 16.0. The van der Waals surface area contributed by atoms with Crippen molar-refractivity contribution in [3.8, 4) is 11.1 Å². The van der Waals surface area contributed by atoms with Crippen molar-refractivity contribution in [1.29, 1.82) is 0 Å². The number of nitrogens with one attached hydrogen (secondary N) is 5. The van der Waals surface area contributed by atoms with Crippen LogP contribution in [0.5, 0.6) is 0 Å². The first-order valence-electron chi connectivity index (χ1n) is 24.2. The zero-order valence-corrected chi connectivity index (χ0v) is 39.7. The molecule has 3 fully saturated rings. The number of aromatic nitrogens is 1. The molecular weight excluding hydrogens is 922 g/mol.